The van der Waals surface area contributed by atoms with E-state index in [2.05, 4.69) is 0 Å². The number of halogens is 4. The number of rotatable bonds is 22. The average Bonchev–Trinajstić information content (AvgIpc) is 3.08. The van der Waals surface area contributed by atoms with Crippen molar-refractivity contribution in [2.24, 2.45) is 5.92 Å². The van der Waals surface area contributed by atoms with E-state index in [1.807, 2.05) is 6.08 Å². The molecule has 0 amide bonds. The summed E-state index contributed by atoms with van der Waals surface area (Å²) in [6, 6.07) is 16.5. The van der Waals surface area contributed by atoms with Gasteiger partial charge in [0.2, 0.25) is 0 Å². The molecule has 0 aliphatic heterocycles. The van der Waals surface area contributed by atoms with E-state index in [0.717, 1.165) is 70.6 Å². The summed E-state index contributed by atoms with van der Waals surface area (Å²) in [5.41, 5.74) is 2.23. The molecule has 0 saturated carbocycles. The molecule has 1 aliphatic carbocycles. The maximum atomic E-state index is 14.6. The molecule has 0 spiro atoms. The molecular weight excluding hydrogens is 616 g/mol. The summed E-state index contributed by atoms with van der Waals surface area (Å²) in [5.74, 6) is -0.313. The van der Waals surface area contributed by atoms with Gasteiger partial charge in [-0.1, -0.05) is 94.5 Å². The second-order valence-corrected chi connectivity index (χ2v) is 12.8. The fourth-order valence-electron chi connectivity index (χ4n) is 6.27. The van der Waals surface area contributed by atoms with Gasteiger partial charge in [-0.05, 0) is 85.2 Å². The minimum absolute atomic E-state index is 0.238. The molecule has 0 saturated heterocycles. The third-order valence-electron chi connectivity index (χ3n) is 9.05. The van der Waals surface area contributed by atoms with Gasteiger partial charge in [-0.2, -0.15) is 0 Å². The van der Waals surface area contributed by atoms with Crippen LogP contribution in [0.5, 0.6) is 5.75 Å². The van der Waals surface area contributed by atoms with Crippen LogP contribution in [0, 0.1) is 23.4 Å². The number of hydrogen-bond donors (Lipinski definition) is 1. The van der Waals surface area contributed by atoms with E-state index in [1.165, 1.54) is 49.2 Å². The van der Waals surface area contributed by atoms with Crippen LogP contribution in [-0.2, 0) is 4.74 Å². The zero-order chi connectivity index (χ0) is 34.0. The molecule has 1 N–H and O–H groups in total. The first-order chi connectivity index (χ1) is 23.4. The molecule has 0 aromatic heterocycles. The second-order valence-electron chi connectivity index (χ2n) is 12.8. The summed E-state index contributed by atoms with van der Waals surface area (Å²) in [4.78, 5) is 0. The highest BCUT2D eigenvalue weighted by Gasteiger charge is 2.17. The molecule has 0 bridgehead atoms. The van der Waals surface area contributed by atoms with Crippen molar-refractivity contribution in [3.63, 3.8) is 0 Å². The average molecular weight is 667 g/mol. The third kappa shape index (κ3) is 12.9. The first-order valence-electron chi connectivity index (χ1n) is 17.7. The van der Waals surface area contributed by atoms with Gasteiger partial charge in [-0.25, -0.2) is 17.6 Å². The van der Waals surface area contributed by atoms with E-state index >= 15 is 0 Å². The highest BCUT2D eigenvalue weighted by molar-refractivity contribution is 5.78. The molecule has 0 radical (unpaired) electrons. The van der Waals surface area contributed by atoms with Gasteiger partial charge >= 0.3 is 0 Å². The smallest absolute Gasteiger partial charge is 0.134 e. The molecule has 48 heavy (non-hydrogen) atoms. The molecule has 7 heteroatoms. The standard InChI is InChI=1S/C41H50F4O3/c42-34-17-13-32(14-18-34)38-23-21-36(29-40(38)44)47-27-9-5-1-3-7-11-31(25-26-46)12-8-4-2-6-10-28-48-37-22-24-39(41(45)30-37)33-15-19-35(43)20-16-33/h13-21,23-24,29-31,37,46H,1-12,22,25-28H2. The minimum Gasteiger partial charge on any atom is -0.493 e. The Bertz CT molecular complexity index is 1420. The van der Waals surface area contributed by atoms with Crippen molar-refractivity contribution in [1.82, 2.24) is 0 Å². The molecule has 0 heterocycles. The SMILES string of the molecule is OCCC(CCCCCCCOc1ccc(-c2ccc(F)cc2)c(F)c1)CCCCCCCOC1C=C(F)C(c2ccc(F)cc2)=CC1. The van der Waals surface area contributed by atoms with E-state index in [1.54, 1.807) is 36.4 Å². The Morgan fingerprint density at radius 2 is 1.23 bits per heavy atom. The van der Waals surface area contributed by atoms with Crippen LogP contribution in [0.25, 0.3) is 16.7 Å². The number of allylic oxidation sites excluding steroid dienone is 2. The van der Waals surface area contributed by atoms with Crippen molar-refractivity contribution in [3.8, 4) is 16.9 Å². The maximum Gasteiger partial charge on any atom is 0.134 e. The predicted octanol–water partition coefficient (Wildman–Crippen LogP) is 11.6. The fourth-order valence-corrected chi connectivity index (χ4v) is 6.27. The lowest BCUT2D eigenvalue weighted by Gasteiger charge is -2.19. The van der Waals surface area contributed by atoms with Gasteiger partial charge in [-0.15, -0.1) is 0 Å². The van der Waals surface area contributed by atoms with E-state index in [-0.39, 0.29) is 36.0 Å². The molecule has 260 valence electrons. The van der Waals surface area contributed by atoms with E-state index in [9.17, 15) is 22.7 Å². The van der Waals surface area contributed by atoms with Crippen LogP contribution in [0.4, 0.5) is 17.6 Å². The molecule has 3 aromatic rings. The monoisotopic (exact) mass is 666 g/mol. The van der Waals surface area contributed by atoms with E-state index in [0.29, 0.717) is 53.6 Å². The molecule has 1 aliphatic rings. The Morgan fingerprint density at radius 1 is 0.646 bits per heavy atom. The Morgan fingerprint density at radius 3 is 1.83 bits per heavy atom. The first-order valence-corrected chi connectivity index (χ1v) is 17.7. The molecule has 3 aromatic carbocycles. The predicted molar refractivity (Wildman–Crippen MR) is 186 cm³/mol. The Kier molecular flexibility index (Phi) is 16.2. The highest BCUT2D eigenvalue weighted by atomic mass is 19.1. The van der Waals surface area contributed by atoms with Crippen LogP contribution in [0.15, 0.2) is 84.7 Å². The van der Waals surface area contributed by atoms with Crippen LogP contribution < -0.4 is 4.74 Å². The maximum absolute atomic E-state index is 14.6. The Labute approximate surface area is 283 Å². The third-order valence-corrected chi connectivity index (χ3v) is 9.05. The lowest BCUT2D eigenvalue weighted by atomic mass is 9.92. The topological polar surface area (TPSA) is 38.7 Å². The van der Waals surface area contributed by atoms with E-state index < -0.39 is 0 Å². The van der Waals surface area contributed by atoms with Gasteiger partial charge in [0.1, 0.15) is 29.0 Å². The highest BCUT2D eigenvalue weighted by Crippen LogP contribution is 2.31. The lowest BCUT2D eigenvalue weighted by Crippen LogP contribution is -2.13. The van der Waals surface area contributed by atoms with Gasteiger partial charge in [0.15, 0.2) is 0 Å². The van der Waals surface area contributed by atoms with Crippen molar-refractivity contribution in [3.05, 3.63) is 108 Å². The summed E-state index contributed by atoms with van der Waals surface area (Å²) in [6.45, 7) is 1.39. The van der Waals surface area contributed by atoms with Crippen molar-refractivity contribution in [2.75, 3.05) is 19.8 Å². The van der Waals surface area contributed by atoms with Crippen LogP contribution in [0.2, 0.25) is 0 Å². The quantitative estimate of drug-likeness (QED) is 0.0857. The molecule has 0 fully saturated rings. The molecule has 3 nitrogen and oxygen atoms in total. The number of benzene rings is 3. The minimum atomic E-state index is -0.383. The molecule has 2 unspecified atom stereocenters. The summed E-state index contributed by atoms with van der Waals surface area (Å²) in [5, 5.41) is 9.53. The Hall–Kier alpha value is -3.42. The summed E-state index contributed by atoms with van der Waals surface area (Å²) in [6.07, 6.45) is 17.8. The molecular formula is C41H50F4O3. The number of unbranched alkanes of at least 4 members (excludes halogenated alkanes) is 8. The number of ether oxygens (including phenoxy) is 2. The molecule has 4 rings (SSSR count). The van der Waals surface area contributed by atoms with Gasteiger partial charge in [0.25, 0.3) is 0 Å². The number of aliphatic hydroxyl groups excluding tert-OH is 1. The zero-order valence-corrected chi connectivity index (χ0v) is 28.0. The Balaban J connectivity index is 0.979. The van der Waals surface area contributed by atoms with E-state index in [4.69, 9.17) is 9.47 Å². The van der Waals surface area contributed by atoms with Crippen molar-refractivity contribution >= 4 is 5.57 Å². The van der Waals surface area contributed by atoms with Gasteiger partial charge in [-0.3, -0.25) is 0 Å². The second kappa shape index (κ2) is 20.8. The summed E-state index contributed by atoms with van der Waals surface area (Å²) < 4.78 is 67.1. The first kappa shape index (κ1) is 37.4. The van der Waals surface area contributed by atoms with Crippen molar-refractivity contribution < 1.29 is 32.1 Å². The summed E-state index contributed by atoms with van der Waals surface area (Å²) in [7, 11) is 0. The van der Waals surface area contributed by atoms with Gasteiger partial charge in [0.05, 0.1) is 12.7 Å². The van der Waals surface area contributed by atoms with Crippen LogP contribution in [-0.4, -0.2) is 31.0 Å². The number of aliphatic hydroxyl groups is 1. The summed E-state index contributed by atoms with van der Waals surface area (Å²) >= 11 is 0. The van der Waals surface area contributed by atoms with Gasteiger partial charge in [0, 0.05) is 30.4 Å². The normalized spacial score (nSPS) is 15.2. The van der Waals surface area contributed by atoms with Crippen LogP contribution in [0.1, 0.15) is 95.5 Å². The molecule has 2 atom stereocenters. The van der Waals surface area contributed by atoms with Crippen molar-refractivity contribution in [1.29, 1.82) is 0 Å². The van der Waals surface area contributed by atoms with Crippen LogP contribution in [0.3, 0.4) is 0 Å². The number of hydrogen-bond acceptors (Lipinski definition) is 3. The largest absolute Gasteiger partial charge is 0.493 e. The fraction of sp³-hybridized carbons (Fsp3) is 0.463. The van der Waals surface area contributed by atoms with Crippen LogP contribution >= 0.6 is 0 Å². The zero-order valence-electron chi connectivity index (χ0n) is 28.0. The lowest BCUT2D eigenvalue weighted by molar-refractivity contribution is 0.0819. The van der Waals surface area contributed by atoms with Crippen molar-refractivity contribution in [2.45, 2.75) is 96.0 Å². The van der Waals surface area contributed by atoms with Gasteiger partial charge < -0.3 is 14.6 Å².